The van der Waals surface area contributed by atoms with Gasteiger partial charge in [0.2, 0.25) is 0 Å². The first-order chi connectivity index (χ1) is 40.0. The highest BCUT2D eigenvalue weighted by atomic mass is 16.6. The maximum Gasteiger partial charge on any atom is 0.306 e. The number of rotatable bonds is 69. The van der Waals surface area contributed by atoms with E-state index in [1.54, 1.807) is 0 Å². The van der Waals surface area contributed by atoms with Crippen molar-refractivity contribution in [1.29, 1.82) is 0 Å². The van der Waals surface area contributed by atoms with Crippen LogP contribution in [0.2, 0.25) is 0 Å². The molecule has 0 aliphatic carbocycles. The van der Waals surface area contributed by atoms with Crippen molar-refractivity contribution in [3.8, 4) is 0 Å². The molecule has 0 radical (unpaired) electrons. The van der Waals surface area contributed by atoms with Crippen LogP contribution in [0.1, 0.15) is 419 Å². The Hall–Kier alpha value is -2.11. The first-order valence-corrected chi connectivity index (χ1v) is 36.8. The van der Waals surface area contributed by atoms with Gasteiger partial charge in [-0.1, -0.05) is 373 Å². The zero-order valence-corrected chi connectivity index (χ0v) is 55.1. The van der Waals surface area contributed by atoms with E-state index in [0.717, 1.165) is 70.6 Å². The van der Waals surface area contributed by atoms with Gasteiger partial charge in [-0.3, -0.25) is 14.4 Å². The van der Waals surface area contributed by atoms with Gasteiger partial charge in [-0.15, -0.1) is 0 Å². The van der Waals surface area contributed by atoms with Gasteiger partial charge in [0, 0.05) is 19.3 Å². The number of carbonyl (C=O) groups excluding carboxylic acids is 3. The Labute approximate surface area is 506 Å². The SMILES string of the molecule is CCCCCC/C=C\C/C=C\CCCCCCCCCC(=O)OCC(COC(=O)CCCCCCCCCCCCCCCCCCCCCCCCC)OC(=O)CCCCCCCCCCCCCCCCCCCCCCCC. The molecule has 1 unspecified atom stereocenters. The van der Waals surface area contributed by atoms with Crippen LogP contribution in [0, 0.1) is 0 Å². The van der Waals surface area contributed by atoms with Crippen LogP contribution < -0.4 is 0 Å². The third-order valence-corrected chi connectivity index (χ3v) is 17.0. The molecule has 0 aliphatic heterocycles. The van der Waals surface area contributed by atoms with Gasteiger partial charge in [-0.05, 0) is 51.4 Å². The first-order valence-electron chi connectivity index (χ1n) is 36.8. The molecule has 0 aromatic carbocycles. The third-order valence-electron chi connectivity index (χ3n) is 17.0. The van der Waals surface area contributed by atoms with Crippen LogP contribution >= 0.6 is 0 Å². The maximum absolute atomic E-state index is 13.0. The Bertz CT molecular complexity index is 1310. The van der Waals surface area contributed by atoms with Crippen molar-refractivity contribution < 1.29 is 28.6 Å². The van der Waals surface area contributed by atoms with Crippen LogP contribution in [0.15, 0.2) is 24.3 Å². The summed E-state index contributed by atoms with van der Waals surface area (Å²) in [7, 11) is 0. The van der Waals surface area contributed by atoms with E-state index in [-0.39, 0.29) is 31.1 Å². The molecule has 0 rings (SSSR count). The highest BCUT2D eigenvalue weighted by molar-refractivity contribution is 5.71. The second kappa shape index (κ2) is 70.4. The predicted octanol–water partition coefficient (Wildman–Crippen LogP) is 25.3. The Balaban J connectivity index is 4.29. The second-order valence-electron chi connectivity index (χ2n) is 25.2. The van der Waals surface area contributed by atoms with Crippen molar-refractivity contribution in [1.82, 2.24) is 0 Å². The lowest BCUT2D eigenvalue weighted by atomic mass is 10.0. The minimum Gasteiger partial charge on any atom is -0.462 e. The van der Waals surface area contributed by atoms with Crippen molar-refractivity contribution in [3.05, 3.63) is 24.3 Å². The second-order valence-corrected chi connectivity index (χ2v) is 25.2. The Morgan fingerprint density at radius 1 is 0.247 bits per heavy atom. The lowest BCUT2D eigenvalue weighted by Crippen LogP contribution is -2.30. The molecule has 0 saturated carbocycles. The van der Waals surface area contributed by atoms with E-state index in [9.17, 15) is 14.4 Å². The Morgan fingerprint density at radius 3 is 0.691 bits per heavy atom. The fourth-order valence-electron chi connectivity index (χ4n) is 11.4. The molecule has 81 heavy (non-hydrogen) atoms. The van der Waals surface area contributed by atoms with Gasteiger partial charge in [0.1, 0.15) is 13.2 Å². The van der Waals surface area contributed by atoms with E-state index in [1.807, 2.05) is 0 Å². The molecule has 0 aromatic rings. The summed E-state index contributed by atoms with van der Waals surface area (Å²) in [5, 5.41) is 0. The van der Waals surface area contributed by atoms with Crippen LogP contribution in [-0.2, 0) is 28.6 Å². The van der Waals surface area contributed by atoms with Crippen molar-refractivity contribution in [2.45, 2.75) is 425 Å². The monoisotopic (exact) mass is 1140 g/mol. The van der Waals surface area contributed by atoms with Crippen LogP contribution in [0.4, 0.5) is 0 Å². The minimum absolute atomic E-state index is 0.0669. The van der Waals surface area contributed by atoms with Gasteiger partial charge in [-0.25, -0.2) is 0 Å². The van der Waals surface area contributed by atoms with Crippen molar-refractivity contribution >= 4 is 17.9 Å². The van der Waals surface area contributed by atoms with E-state index >= 15 is 0 Å². The molecule has 0 saturated heterocycles. The maximum atomic E-state index is 13.0. The molecule has 0 heterocycles. The van der Waals surface area contributed by atoms with E-state index in [1.165, 1.54) is 308 Å². The van der Waals surface area contributed by atoms with E-state index < -0.39 is 6.10 Å². The number of carbonyl (C=O) groups is 3. The van der Waals surface area contributed by atoms with Crippen molar-refractivity contribution in [3.63, 3.8) is 0 Å². The molecule has 0 bridgehead atoms. The first kappa shape index (κ1) is 78.9. The van der Waals surface area contributed by atoms with Gasteiger partial charge >= 0.3 is 17.9 Å². The fraction of sp³-hybridized carbons (Fsp3) is 0.907. The molecule has 0 N–H and O–H groups in total. The minimum atomic E-state index is -0.772. The van der Waals surface area contributed by atoms with Crippen LogP contribution in [0.3, 0.4) is 0 Å². The fourth-order valence-corrected chi connectivity index (χ4v) is 11.4. The van der Waals surface area contributed by atoms with Gasteiger partial charge in [0.15, 0.2) is 6.10 Å². The number of allylic oxidation sites excluding steroid dienone is 4. The zero-order valence-electron chi connectivity index (χ0n) is 55.1. The summed E-state index contributed by atoms with van der Waals surface area (Å²) in [6.45, 7) is 6.72. The molecule has 0 aromatic heterocycles. The number of esters is 3. The standard InChI is InChI=1S/C75H142O6/c1-4-7-10-13-16-19-22-25-28-31-34-36-38-40-41-44-47-50-53-56-59-62-65-68-74(77)80-71-72(70-79-73(76)67-64-61-58-55-52-49-46-43-33-30-27-24-21-18-15-12-9-6-3)81-75(78)69-66-63-60-57-54-51-48-45-42-39-37-35-32-29-26-23-20-17-14-11-8-5-2/h21,24,30,33,72H,4-20,22-23,25-29,31-32,34-71H2,1-3H3/b24-21-,33-30-. The molecule has 6 heteroatoms. The third kappa shape index (κ3) is 68.6. The normalized spacial score (nSPS) is 12.1. The Morgan fingerprint density at radius 2 is 0.444 bits per heavy atom. The lowest BCUT2D eigenvalue weighted by molar-refractivity contribution is -0.167. The number of hydrogen-bond acceptors (Lipinski definition) is 6. The molecule has 0 spiro atoms. The highest BCUT2D eigenvalue weighted by Gasteiger charge is 2.20. The molecule has 6 nitrogen and oxygen atoms in total. The van der Waals surface area contributed by atoms with E-state index in [0.29, 0.717) is 19.3 Å². The number of ether oxygens (including phenoxy) is 3. The van der Waals surface area contributed by atoms with Crippen molar-refractivity contribution in [2.24, 2.45) is 0 Å². The van der Waals surface area contributed by atoms with Crippen LogP contribution in [0.25, 0.3) is 0 Å². The summed E-state index contributed by atoms with van der Waals surface area (Å²) in [5.41, 5.74) is 0. The summed E-state index contributed by atoms with van der Waals surface area (Å²) < 4.78 is 17.0. The zero-order chi connectivity index (χ0) is 58.5. The van der Waals surface area contributed by atoms with Gasteiger partial charge in [0.25, 0.3) is 0 Å². The summed E-state index contributed by atoms with van der Waals surface area (Å²) in [6.07, 6.45) is 86.4. The van der Waals surface area contributed by atoms with Crippen LogP contribution in [-0.4, -0.2) is 37.2 Å². The van der Waals surface area contributed by atoms with Crippen molar-refractivity contribution in [2.75, 3.05) is 13.2 Å². The summed E-state index contributed by atoms with van der Waals surface area (Å²) in [4.78, 5) is 38.5. The van der Waals surface area contributed by atoms with Gasteiger partial charge < -0.3 is 14.2 Å². The Kier molecular flexibility index (Phi) is 68.5. The highest BCUT2D eigenvalue weighted by Crippen LogP contribution is 2.19. The quantitative estimate of drug-likeness (QED) is 0.0261. The molecule has 0 amide bonds. The average molecular weight is 1140 g/mol. The molecule has 0 fully saturated rings. The molecule has 0 aliphatic rings. The molecule has 478 valence electrons. The largest absolute Gasteiger partial charge is 0.462 e. The van der Waals surface area contributed by atoms with Crippen LogP contribution in [0.5, 0.6) is 0 Å². The topological polar surface area (TPSA) is 78.9 Å². The summed E-state index contributed by atoms with van der Waals surface area (Å²) >= 11 is 0. The number of unbranched alkanes of at least 4 members (excludes halogenated alkanes) is 54. The van der Waals surface area contributed by atoms with Gasteiger partial charge in [-0.2, -0.15) is 0 Å². The molecular formula is C75H142O6. The van der Waals surface area contributed by atoms with Gasteiger partial charge in [0.05, 0.1) is 0 Å². The number of hydrogen-bond donors (Lipinski definition) is 0. The smallest absolute Gasteiger partial charge is 0.306 e. The summed E-state index contributed by atoms with van der Waals surface area (Å²) in [5.74, 6) is -0.838. The van der Waals surface area contributed by atoms with E-state index in [4.69, 9.17) is 14.2 Å². The molecular weight excluding hydrogens is 997 g/mol. The summed E-state index contributed by atoms with van der Waals surface area (Å²) in [6, 6.07) is 0. The lowest BCUT2D eigenvalue weighted by Gasteiger charge is -2.18. The molecule has 1 atom stereocenters. The predicted molar refractivity (Wildman–Crippen MR) is 353 cm³/mol. The average Bonchev–Trinajstić information content (AvgIpc) is 3.47. The van der Waals surface area contributed by atoms with E-state index in [2.05, 4.69) is 45.1 Å².